The maximum Gasteiger partial charge on any atom is 0.416 e. The van der Waals surface area contributed by atoms with Crippen LogP contribution in [0.4, 0.5) is 13.2 Å². The minimum Gasteiger partial charge on any atom is -0.292 e. The topological polar surface area (TPSA) is 65.6 Å². The summed E-state index contributed by atoms with van der Waals surface area (Å²) in [5.74, 6) is 0. The smallest absolute Gasteiger partial charge is 0.292 e. The summed E-state index contributed by atoms with van der Waals surface area (Å²) in [5, 5.41) is 5.07. The van der Waals surface area contributed by atoms with Crippen molar-refractivity contribution in [1.29, 1.82) is 0 Å². The van der Waals surface area contributed by atoms with E-state index in [-0.39, 0.29) is 28.8 Å². The third kappa shape index (κ3) is 3.14. The second-order valence-electron chi connectivity index (χ2n) is 6.59. The molecule has 0 aliphatic heterocycles. The fraction of sp³-hybridized carbons (Fsp3) is 0.100. The second-order valence-corrected chi connectivity index (χ2v) is 7.71. The number of fused-ring (bicyclic) bond motifs is 2. The summed E-state index contributed by atoms with van der Waals surface area (Å²) in [6, 6.07) is 12.4. The summed E-state index contributed by atoms with van der Waals surface area (Å²) in [5.41, 5.74) is 0.0952. The number of hydrogen-bond acceptors (Lipinski definition) is 5. The molecule has 10 heteroatoms. The molecular formula is C20H12F3N5OS. The van der Waals surface area contributed by atoms with Gasteiger partial charge in [0.25, 0.3) is 5.56 Å². The normalized spacial score (nSPS) is 12.1. The van der Waals surface area contributed by atoms with E-state index in [0.717, 1.165) is 27.4 Å². The Morgan fingerprint density at radius 1 is 1.07 bits per heavy atom. The number of para-hydroxylation sites is 1. The van der Waals surface area contributed by atoms with Crippen LogP contribution in [-0.2, 0) is 12.7 Å². The molecule has 0 radical (unpaired) electrons. The van der Waals surface area contributed by atoms with Gasteiger partial charge in [-0.15, -0.1) is 11.3 Å². The Hall–Kier alpha value is -3.53. The number of aromatic nitrogens is 5. The third-order valence-corrected chi connectivity index (χ3v) is 5.64. The highest BCUT2D eigenvalue weighted by atomic mass is 32.1. The van der Waals surface area contributed by atoms with Gasteiger partial charge in [-0.25, -0.2) is 14.6 Å². The van der Waals surface area contributed by atoms with Gasteiger partial charge in [-0.2, -0.15) is 18.3 Å². The standard InChI is InChI=1S/C20H12F3N5OS/c21-20(22,23)12-4-3-5-13(8-12)28-18-14(9-25-28)19(29)27(11-24-18)10-17-26-15-6-1-2-7-16(15)30-17/h1-9,11H,10H2. The van der Waals surface area contributed by atoms with Crippen LogP contribution in [0.5, 0.6) is 0 Å². The molecule has 30 heavy (non-hydrogen) atoms. The number of benzene rings is 2. The molecule has 6 nitrogen and oxygen atoms in total. The molecule has 0 aliphatic carbocycles. The molecule has 0 N–H and O–H groups in total. The van der Waals surface area contributed by atoms with Crippen LogP contribution < -0.4 is 5.56 Å². The molecule has 0 spiro atoms. The minimum absolute atomic E-state index is 0.177. The first kappa shape index (κ1) is 18.5. The van der Waals surface area contributed by atoms with E-state index in [9.17, 15) is 18.0 Å². The Kier molecular flexibility index (Phi) is 4.17. The van der Waals surface area contributed by atoms with E-state index < -0.39 is 11.7 Å². The molecule has 150 valence electrons. The third-order valence-electron chi connectivity index (χ3n) is 4.62. The Morgan fingerprint density at radius 2 is 1.90 bits per heavy atom. The number of thiazole rings is 1. The molecule has 0 saturated carbocycles. The zero-order valence-corrected chi connectivity index (χ0v) is 16.0. The minimum atomic E-state index is -4.48. The maximum atomic E-state index is 13.0. The van der Waals surface area contributed by atoms with Crippen molar-refractivity contribution in [2.45, 2.75) is 12.7 Å². The summed E-state index contributed by atoms with van der Waals surface area (Å²) in [6.07, 6.45) is -1.79. The molecule has 0 bridgehead atoms. The molecule has 0 fully saturated rings. The fourth-order valence-electron chi connectivity index (χ4n) is 3.20. The quantitative estimate of drug-likeness (QED) is 0.432. The van der Waals surface area contributed by atoms with Gasteiger partial charge in [-0.05, 0) is 30.3 Å². The summed E-state index contributed by atoms with van der Waals surface area (Å²) < 4.78 is 42.7. The maximum absolute atomic E-state index is 13.0. The zero-order valence-electron chi connectivity index (χ0n) is 15.2. The van der Waals surface area contributed by atoms with Gasteiger partial charge >= 0.3 is 6.18 Å². The number of halogens is 3. The molecule has 5 aromatic rings. The lowest BCUT2D eigenvalue weighted by Gasteiger charge is -2.09. The van der Waals surface area contributed by atoms with Gasteiger partial charge in [0.05, 0.1) is 34.2 Å². The molecule has 0 unspecified atom stereocenters. The lowest BCUT2D eigenvalue weighted by atomic mass is 10.2. The van der Waals surface area contributed by atoms with Gasteiger partial charge in [0, 0.05) is 0 Å². The first-order valence-electron chi connectivity index (χ1n) is 8.85. The highest BCUT2D eigenvalue weighted by Crippen LogP contribution is 2.30. The van der Waals surface area contributed by atoms with Crippen molar-refractivity contribution < 1.29 is 13.2 Å². The van der Waals surface area contributed by atoms with Crippen molar-refractivity contribution in [3.05, 3.63) is 82.0 Å². The lowest BCUT2D eigenvalue weighted by molar-refractivity contribution is -0.137. The lowest BCUT2D eigenvalue weighted by Crippen LogP contribution is -2.21. The zero-order chi connectivity index (χ0) is 20.9. The predicted octanol–water partition coefficient (Wildman–Crippen LogP) is 4.26. The molecule has 0 amide bonds. The van der Waals surface area contributed by atoms with Gasteiger partial charge in [0.2, 0.25) is 0 Å². The van der Waals surface area contributed by atoms with Crippen LogP contribution in [0, 0.1) is 0 Å². The van der Waals surface area contributed by atoms with Gasteiger partial charge in [-0.3, -0.25) is 9.36 Å². The van der Waals surface area contributed by atoms with Crippen molar-refractivity contribution >= 4 is 32.6 Å². The Balaban J connectivity index is 1.54. The molecule has 3 aromatic heterocycles. The van der Waals surface area contributed by atoms with Gasteiger partial charge in [-0.1, -0.05) is 18.2 Å². The van der Waals surface area contributed by atoms with Crippen LogP contribution in [-0.4, -0.2) is 24.3 Å². The molecule has 5 rings (SSSR count). The average Bonchev–Trinajstić information content (AvgIpc) is 3.33. The average molecular weight is 427 g/mol. The Bertz CT molecular complexity index is 1420. The summed E-state index contributed by atoms with van der Waals surface area (Å²) in [4.78, 5) is 21.7. The molecule has 0 atom stereocenters. The largest absolute Gasteiger partial charge is 0.416 e. The summed E-state index contributed by atoms with van der Waals surface area (Å²) in [6.45, 7) is 0.246. The van der Waals surface area contributed by atoms with Crippen molar-refractivity contribution in [3.63, 3.8) is 0 Å². The van der Waals surface area contributed by atoms with Crippen molar-refractivity contribution in [3.8, 4) is 5.69 Å². The first-order valence-corrected chi connectivity index (χ1v) is 9.67. The first-order chi connectivity index (χ1) is 14.4. The fourth-order valence-corrected chi connectivity index (χ4v) is 4.16. The van der Waals surface area contributed by atoms with E-state index in [1.54, 1.807) is 0 Å². The van der Waals surface area contributed by atoms with Crippen LogP contribution in [0.2, 0.25) is 0 Å². The Labute approximate surface area is 170 Å². The predicted molar refractivity (Wildman–Crippen MR) is 107 cm³/mol. The van der Waals surface area contributed by atoms with Crippen LogP contribution in [0.3, 0.4) is 0 Å². The van der Waals surface area contributed by atoms with Crippen LogP contribution in [0.25, 0.3) is 26.9 Å². The van der Waals surface area contributed by atoms with Crippen LogP contribution >= 0.6 is 11.3 Å². The monoisotopic (exact) mass is 427 g/mol. The van der Waals surface area contributed by atoms with Crippen molar-refractivity contribution in [2.75, 3.05) is 0 Å². The second kappa shape index (κ2) is 6.77. The van der Waals surface area contributed by atoms with E-state index >= 15 is 0 Å². The van der Waals surface area contributed by atoms with Crippen molar-refractivity contribution in [1.82, 2.24) is 24.3 Å². The molecule has 2 aromatic carbocycles. The van der Waals surface area contributed by atoms with E-state index in [0.29, 0.717) is 0 Å². The van der Waals surface area contributed by atoms with E-state index in [2.05, 4.69) is 15.1 Å². The van der Waals surface area contributed by atoms with Gasteiger partial charge in [0.15, 0.2) is 5.65 Å². The van der Waals surface area contributed by atoms with E-state index in [4.69, 9.17) is 0 Å². The van der Waals surface area contributed by atoms with Gasteiger partial charge in [0.1, 0.15) is 16.7 Å². The van der Waals surface area contributed by atoms with E-state index in [1.165, 1.54) is 45.2 Å². The highest BCUT2D eigenvalue weighted by molar-refractivity contribution is 7.18. The Morgan fingerprint density at radius 3 is 2.70 bits per heavy atom. The number of nitrogens with zero attached hydrogens (tertiary/aromatic N) is 5. The van der Waals surface area contributed by atoms with E-state index in [1.807, 2.05) is 24.3 Å². The molecule has 3 heterocycles. The van der Waals surface area contributed by atoms with Crippen LogP contribution in [0.1, 0.15) is 10.6 Å². The summed E-state index contributed by atoms with van der Waals surface area (Å²) in [7, 11) is 0. The highest BCUT2D eigenvalue weighted by Gasteiger charge is 2.30. The van der Waals surface area contributed by atoms with Gasteiger partial charge < -0.3 is 0 Å². The molecule has 0 saturated heterocycles. The number of rotatable bonds is 3. The molecule has 0 aliphatic rings. The SMILES string of the molecule is O=c1c2cnn(-c3cccc(C(F)(F)F)c3)c2ncn1Cc1nc2ccccc2s1. The number of alkyl halides is 3. The molecular weight excluding hydrogens is 415 g/mol. The van der Waals surface area contributed by atoms with Crippen LogP contribution in [0.15, 0.2) is 65.8 Å². The summed E-state index contributed by atoms with van der Waals surface area (Å²) >= 11 is 1.49. The number of hydrogen-bond donors (Lipinski definition) is 0. The van der Waals surface area contributed by atoms with Crippen molar-refractivity contribution in [2.24, 2.45) is 0 Å².